The number of aromatic nitrogens is 3. The van der Waals surface area contributed by atoms with Gasteiger partial charge in [0.15, 0.2) is 5.82 Å². The van der Waals surface area contributed by atoms with E-state index in [4.69, 9.17) is 16.3 Å². The number of hydrogen-bond donors (Lipinski definition) is 2. The number of ether oxygens (including phenoxy) is 1. The molecule has 1 aliphatic rings. The Morgan fingerprint density at radius 3 is 2.68 bits per heavy atom. The first kappa shape index (κ1) is 21.5. The second-order valence-corrected chi connectivity index (χ2v) is 8.62. The highest BCUT2D eigenvalue weighted by molar-refractivity contribution is 8.00. The quantitative estimate of drug-likeness (QED) is 0.536. The molecule has 0 bridgehead atoms. The minimum absolute atomic E-state index is 0.157. The molecule has 2 aromatic carbocycles. The van der Waals surface area contributed by atoms with Crippen molar-refractivity contribution in [2.24, 2.45) is 0 Å². The predicted molar refractivity (Wildman–Crippen MR) is 123 cm³/mol. The summed E-state index contributed by atoms with van der Waals surface area (Å²) in [7, 11) is 0. The van der Waals surface area contributed by atoms with Gasteiger partial charge in [-0.1, -0.05) is 54.6 Å². The lowest BCUT2D eigenvalue weighted by Crippen LogP contribution is -2.41. The van der Waals surface area contributed by atoms with Gasteiger partial charge < -0.3 is 15.5 Å². The van der Waals surface area contributed by atoms with Crippen LogP contribution >= 0.6 is 23.4 Å². The zero-order valence-electron chi connectivity index (χ0n) is 17.3. The van der Waals surface area contributed by atoms with Gasteiger partial charge in [0.1, 0.15) is 11.0 Å². The lowest BCUT2D eigenvalue weighted by Gasteiger charge is -2.33. The van der Waals surface area contributed by atoms with Crippen LogP contribution in [-0.4, -0.2) is 32.6 Å². The number of benzene rings is 2. The number of para-hydroxylation sites is 1. The Morgan fingerprint density at radius 2 is 1.97 bits per heavy atom. The molecule has 0 unspecified atom stereocenters. The van der Waals surface area contributed by atoms with Crippen LogP contribution in [0.5, 0.6) is 5.75 Å². The summed E-state index contributed by atoms with van der Waals surface area (Å²) in [4.78, 5) is 13.3. The first-order chi connectivity index (χ1) is 15.1. The topological polar surface area (TPSA) is 81.1 Å². The summed E-state index contributed by atoms with van der Waals surface area (Å²) in [6.45, 7) is 4.65. The Hall–Kier alpha value is -2.71. The molecule has 0 aliphatic carbocycles. The van der Waals surface area contributed by atoms with Crippen LogP contribution in [0.2, 0.25) is 5.02 Å². The average Bonchev–Trinajstić information content (AvgIpc) is 3.17. The number of nitrogens with zero attached hydrogens (tertiary/aromatic N) is 3. The predicted octanol–water partition coefficient (Wildman–Crippen LogP) is 4.68. The standard InChI is InChI=1S/C22H24ClN5O2S/c1-3-7-18-25-26-22-28(18)27-19(14-10-12-15(13-11-14)30-4-2)20(31-22)21(29)24-17-9-6-5-8-16(17)23/h5-6,8-13,19-20,27H,3-4,7H2,1-2H3,(H,24,29)/t19-,20+/m0/s1. The van der Waals surface area contributed by atoms with Crippen molar-refractivity contribution in [2.75, 3.05) is 17.3 Å². The molecule has 2 N–H and O–H groups in total. The fourth-order valence-corrected chi connectivity index (χ4v) is 4.72. The van der Waals surface area contributed by atoms with Gasteiger partial charge in [-0.3, -0.25) is 4.79 Å². The number of hydrogen-bond acceptors (Lipinski definition) is 6. The van der Waals surface area contributed by atoms with Crippen molar-refractivity contribution in [3.05, 3.63) is 64.9 Å². The second kappa shape index (κ2) is 9.62. The van der Waals surface area contributed by atoms with Crippen LogP contribution in [0, 0.1) is 0 Å². The summed E-state index contributed by atoms with van der Waals surface area (Å²) < 4.78 is 7.46. The van der Waals surface area contributed by atoms with Gasteiger partial charge in [0.25, 0.3) is 0 Å². The van der Waals surface area contributed by atoms with E-state index in [0.29, 0.717) is 22.5 Å². The van der Waals surface area contributed by atoms with Gasteiger partial charge >= 0.3 is 0 Å². The molecule has 1 amide bonds. The van der Waals surface area contributed by atoms with E-state index < -0.39 is 5.25 Å². The van der Waals surface area contributed by atoms with Crippen LogP contribution in [0.1, 0.15) is 37.7 Å². The number of anilines is 1. The van der Waals surface area contributed by atoms with E-state index in [-0.39, 0.29) is 11.9 Å². The van der Waals surface area contributed by atoms with Gasteiger partial charge in [-0.15, -0.1) is 10.2 Å². The minimum atomic E-state index is -0.472. The van der Waals surface area contributed by atoms with Crippen LogP contribution in [-0.2, 0) is 11.2 Å². The first-order valence-corrected chi connectivity index (χ1v) is 11.5. The molecule has 1 aromatic heterocycles. The van der Waals surface area contributed by atoms with E-state index in [2.05, 4.69) is 27.9 Å². The number of carbonyl (C=O) groups is 1. The fourth-order valence-electron chi connectivity index (χ4n) is 3.44. The van der Waals surface area contributed by atoms with Gasteiger partial charge in [0.2, 0.25) is 11.1 Å². The third kappa shape index (κ3) is 4.65. The van der Waals surface area contributed by atoms with Crippen LogP contribution in [0.25, 0.3) is 0 Å². The number of nitrogens with one attached hydrogen (secondary N) is 2. The molecule has 0 saturated carbocycles. The van der Waals surface area contributed by atoms with Gasteiger partial charge in [0.05, 0.1) is 23.4 Å². The van der Waals surface area contributed by atoms with E-state index in [1.807, 2.05) is 48.0 Å². The summed E-state index contributed by atoms with van der Waals surface area (Å²) in [6.07, 6.45) is 1.75. The maximum absolute atomic E-state index is 13.3. The zero-order chi connectivity index (χ0) is 21.8. The number of aryl methyl sites for hydroxylation is 1. The molecule has 1 aliphatic heterocycles. The fraction of sp³-hybridized carbons (Fsp3) is 0.318. The SMILES string of the molecule is CCCc1nnc2n1N[C@@H](c1ccc(OCC)cc1)[C@H](C(=O)Nc1ccccc1Cl)S2. The number of fused-ring (bicyclic) bond motifs is 1. The molecule has 3 aromatic rings. The molecule has 4 rings (SSSR count). The smallest absolute Gasteiger partial charge is 0.240 e. The van der Waals surface area contributed by atoms with E-state index in [0.717, 1.165) is 30.0 Å². The molecule has 7 nitrogen and oxygen atoms in total. The molecule has 0 spiro atoms. The number of amides is 1. The van der Waals surface area contributed by atoms with Crippen molar-refractivity contribution in [1.29, 1.82) is 0 Å². The first-order valence-electron chi connectivity index (χ1n) is 10.3. The Kier molecular flexibility index (Phi) is 6.67. The number of thioether (sulfide) groups is 1. The van der Waals surface area contributed by atoms with E-state index in [9.17, 15) is 4.79 Å². The third-order valence-electron chi connectivity index (χ3n) is 4.92. The third-order valence-corrected chi connectivity index (χ3v) is 6.46. The highest BCUT2D eigenvalue weighted by Gasteiger charge is 2.38. The molecule has 0 radical (unpaired) electrons. The molecule has 162 valence electrons. The molecular formula is C22H24ClN5O2S. The van der Waals surface area contributed by atoms with E-state index in [1.165, 1.54) is 11.8 Å². The molecular weight excluding hydrogens is 434 g/mol. The zero-order valence-corrected chi connectivity index (χ0v) is 18.9. The van der Waals surface area contributed by atoms with Crippen molar-refractivity contribution in [1.82, 2.24) is 14.9 Å². The lowest BCUT2D eigenvalue weighted by atomic mass is 10.0. The summed E-state index contributed by atoms with van der Waals surface area (Å²) in [5.74, 6) is 1.49. The van der Waals surface area contributed by atoms with Crippen LogP contribution in [0.3, 0.4) is 0 Å². The normalized spacial score (nSPS) is 17.5. The Balaban J connectivity index is 1.66. The highest BCUT2D eigenvalue weighted by Crippen LogP contribution is 2.38. The molecule has 2 heterocycles. The van der Waals surface area contributed by atoms with E-state index in [1.54, 1.807) is 12.1 Å². The number of halogens is 1. The van der Waals surface area contributed by atoms with Crippen molar-refractivity contribution < 1.29 is 9.53 Å². The minimum Gasteiger partial charge on any atom is -0.494 e. The van der Waals surface area contributed by atoms with Gasteiger partial charge in [-0.05, 0) is 43.2 Å². The van der Waals surface area contributed by atoms with Gasteiger partial charge in [-0.25, -0.2) is 4.68 Å². The summed E-state index contributed by atoms with van der Waals surface area (Å²) in [5, 5.41) is 12.2. The van der Waals surface area contributed by atoms with Crippen molar-refractivity contribution in [3.63, 3.8) is 0 Å². The molecule has 9 heteroatoms. The molecule has 0 saturated heterocycles. The van der Waals surface area contributed by atoms with Crippen molar-refractivity contribution in [2.45, 2.75) is 43.1 Å². The van der Waals surface area contributed by atoms with E-state index >= 15 is 0 Å². The largest absolute Gasteiger partial charge is 0.494 e. The number of carbonyl (C=O) groups excluding carboxylic acids is 1. The lowest BCUT2D eigenvalue weighted by molar-refractivity contribution is -0.116. The molecule has 0 fully saturated rings. The van der Waals surface area contributed by atoms with Crippen molar-refractivity contribution in [3.8, 4) is 5.75 Å². The summed E-state index contributed by atoms with van der Waals surface area (Å²) in [6, 6.07) is 14.7. The Morgan fingerprint density at radius 1 is 1.19 bits per heavy atom. The summed E-state index contributed by atoms with van der Waals surface area (Å²) >= 11 is 7.64. The van der Waals surface area contributed by atoms with Gasteiger partial charge in [-0.2, -0.15) is 0 Å². The maximum atomic E-state index is 13.3. The van der Waals surface area contributed by atoms with Gasteiger partial charge in [0, 0.05) is 6.42 Å². The second-order valence-electron chi connectivity index (χ2n) is 7.10. The van der Waals surface area contributed by atoms with Crippen LogP contribution in [0.4, 0.5) is 5.69 Å². The monoisotopic (exact) mass is 457 g/mol. The summed E-state index contributed by atoms with van der Waals surface area (Å²) in [5.41, 5.74) is 5.02. The molecule has 2 atom stereocenters. The highest BCUT2D eigenvalue weighted by atomic mass is 35.5. The molecule has 31 heavy (non-hydrogen) atoms. The Bertz CT molecular complexity index is 1060. The number of rotatable bonds is 7. The Labute approximate surface area is 190 Å². The van der Waals surface area contributed by atoms with Crippen LogP contribution in [0.15, 0.2) is 53.7 Å². The van der Waals surface area contributed by atoms with Crippen LogP contribution < -0.4 is 15.5 Å². The maximum Gasteiger partial charge on any atom is 0.240 e. The van der Waals surface area contributed by atoms with Crippen molar-refractivity contribution >= 4 is 35.0 Å². The average molecular weight is 458 g/mol.